The van der Waals surface area contributed by atoms with Crippen LogP contribution in [0.25, 0.3) is 0 Å². The average molecular weight is 195 g/mol. The van der Waals surface area contributed by atoms with E-state index < -0.39 is 12.1 Å². The Balaban J connectivity index is 2.44. The van der Waals surface area contributed by atoms with Gasteiger partial charge in [-0.25, -0.2) is 4.79 Å². The van der Waals surface area contributed by atoms with Crippen LogP contribution in [-0.2, 0) is 16.1 Å². The second-order valence-electron chi connectivity index (χ2n) is 2.87. The van der Waals surface area contributed by atoms with Crippen LogP contribution in [0.15, 0.2) is 24.4 Å². The van der Waals surface area contributed by atoms with Gasteiger partial charge in [-0.15, -0.1) is 0 Å². The van der Waals surface area contributed by atoms with Crippen molar-refractivity contribution >= 4 is 5.97 Å². The number of carbonyl (C=O) groups is 1. The van der Waals surface area contributed by atoms with E-state index >= 15 is 0 Å². The normalized spacial score (nSPS) is 12.4. The molecule has 0 radical (unpaired) electrons. The zero-order valence-corrected chi connectivity index (χ0v) is 8.01. The molecule has 0 spiro atoms. The van der Waals surface area contributed by atoms with Gasteiger partial charge in [0.05, 0.1) is 12.3 Å². The summed E-state index contributed by atoms with van der Waals surface area (Å²) in [5.41, 5.74) is 0.743. The monoisotopic (exact) mass is 195 g/mol. The minimum Gasteiger partial charge on any atom is -0.479 e. The third-order valence-corrected chi connectivity index (χ3v) is 1.80. The van der Waals surface area contributed by atoms with Gasteiger partial charge >= 0.3 is 5.97 Å². The Morgan fingerprint density at radius 2 is 2.43 bits per heavy atom. The van der Waals surface area contributed by atoms with Crippen LogP contribution >= 0.6 is 0 Å². The fraction of sp³-hybridized carbons (Fsp3) is 0.400. The molecule has 1 unspecified atom stereocenters. The van der Waals surface area contributed by atoms with E-state index in [0.29, 0.717) is 6.42 Å². The summed E-state index contributed by atoms with van der Waals surface area (Å²) in [4.78, 5) is 14.6. The molecule has 0 aliphatic heterocycles. The molecular formula is C10H13NO3. The van der Waals surface area contributed by atoms with E-state index in [1.165, 1.54) is 0 Å². The van der Waals surface area contributed by atoms with Crippen LogP contribution in [-0.4, -0.2) is 22.2 Å². The molecule has 1 aromatic rings. The number of ether oxygens (including phenoxy) is 1. The fourth-order valence-electron chi connectivity index (χ4n) is 1.03. The highest BCUT2D eigenvalue weighted by Crippen LogP contribution is 2.03. The van der Waals surface area contributed by atoms with E-state index in [-0.39, 0.29) is 6.61 Å². The highest BCUT2D eigenvalue weighted by Gasteiger charge is 2.15. The summed E-state index contributed by atoms with van der Waals surface area (Å²) in [5.74, 6) is -0.927. The molecule has 14 heavy (non-hydrogen) atoms. The molecule has 0 saturated carbocycles. The van der Waals surface area contributed by atoms with Gasteiger partial charge in [0.25, 0.3) is 0 Å². The smallest absolute Gasteiger partial charge is 0.332 e. The number of nitrogens with zero attached hydrogens (tertiary/aromatic N) is 1. The van der Waals surface area contributed by atoms with Crippen LogP contribution in [0, 0.1) is 0 Å². The highest BCUT2D eigenvalue weighted by molar-refractivity contribution is 5.72. The van der Waals surface area contributed by atoms with E-state index in [2.05, 4.69) is 4.98 Å². The second kappa shape index (κ2) is 5.34. The molecule has 4 heteroatoms. The molecular weight excluding hydrogens is 182 g/mol. The number of hydrogen-bond acceptors (Lipinski definition) is 3. The first kappa shape index (κ1) is 10.7. The first-order valence-corrected chi connectivity index (χ1v) is 4.48. The lowest BCUT2D eigenvalue weighted by Crippen LogP contribution is -2.22. The molecule has 0 fully saturated rings. The molecule has 0 amide bonds. The van der Waals surface area contributed by atoms with Crippen molar-refractivity contribution < 1.29 is 14.6 Å². The lowest BCUT2D eigenvalue weighted by Gasteiger charge is -2.10. The first-order chi connectivity index (χ1) is 6.74. The van der Waals surface area contributed by atoms with Gasteiger partial charge in [-0.2, -0.15) is 0 Å². The van der Waals surface area contributed by atoms with E-state index in [9.17, 15) is 4.79 Å². The number of hydrogen-bond donors (Lipinski definition) is 1. The second-order valence-corrected chi connectivity index (χ2v) is 2.87. The van der Waals surface area contributed by atoms with Crippen molar-refractivity contribution in [2.75, 3.05) is 0 Å². The van der Waals surface area contributed by atoms with Gasteiger partial charge in [0.15, 0.2) is 6.10 Å². The number of rotatable bonds is 5. The Kier molecular flexibility index (Phi) is 4.07. The maximum atomic E-state index is 10.6. The summed E-state index contributed by atoms with van der Waals surface area (Å²) < 4.78 is 5.18. The quantitative estimate of drug-likeness (QED) is 0.772. The van der Waals surface area contributed by atoms with Crippen molar-refractivity contribution in [3.8, 4) is 0 Å². The molecule has 4 nitrogen and oxygen atoms in total. The molecule has 76 valence electrons. The maximum absolute atomic E-state index is 10.6. The van der Waals surface area contributed by atoms with Crippen molar-refractivity contribution in [3.63, 3.8) is 0 Å². The topological polar surface area (TPSA) is 59.4 Å². The molecule has 1 N–H and O–H groups in total. The number of carboxylic acids is 1. The fourth-order valence-corrected chi connectivity index (χ4v) is 1.03. The van der Waals surface area contributed by atoms with Gasteiger partial charge in [0.1, 0.15) is 0 Å². The molecule has 1 aromatic heterocycles. The predicted octanol–water partition coefficient (Wildman–Crippen LogP) is 1.46. The van der Waals surface area contributed by atoms with E-state index in [0.717, 1.165) is 5.69 Å². The van der Waals surface area contributed by atoms with E-state index in [1.807, 2.05) is 6.07 Å². The summed E-state index contributed by atoms with van der Waals surface area (Å²) in [7, 11) is 0. The van der Waals surface area contributed by atoms with Gasteiger partial charge in [-0.3, -0.25) is 4.98 Å². The van der Waals surface area contributed by atoms with Gasteiger partial charge in [-0.05, 0) is 18.6 Å². The molecule has 0 aromatic carbocycles. The molecule has 1 atom stereocenters. The van der Waals surface area contributed by atoms with Crippen LogP contribution in [0.5, 0.6) is 0 Å². The Morgan fingerprint density at radius 1 is 1.64 bits per heavy atom. The molecule has 0 aliphatic rings. The van der Waals surface area contributed by atoms with Crippen molar-refractivity contribution in [1.29, 1.82) is 0 Å². The third kappa shape index (κ3) is 3.14. The number of carboxylic acid groups (broad SMARTS) is 1. The first-order valence-electron chi connectivity index (χ1n) is 4.48. The molecule has 1 heterocycles. The molecule has 1 rings (SSSR count). The summed E-state index contributed by atoms with van der Waals surface area (Å²) in [6, 6.07) is 5.44. The van der Waals surface area contributed by atoms with E-state index in [1.54, 1.807) is 25.3 Å². The Labute approximate surface area is 82.5 Å². The largest absolute Gasteiger partial charge is 0.479 e. The summed E-state index contributed by atoms with van der Waals surface area (Å²) in [5, 5.41) is 8.71. The van der Waals surface area contributed by atoms with Crippen molar-refractivity contribution in [2.24, 2.45) is 0 Å². The number of aliphatic carboxylic acids is 1. The van der Waals surface area contributed by atoms with Gasteiger partial charge in [-0.1, -0.05) is 13.0 Å². The van der Waals surface area contributed by atoms with Crippen LogP contribution in [0.3, 0.4) is 0 Å². The van der Waals surface area contributed by atoms with Crippen molar-refractivity contribution in [1.82, 2.24) is 4.98 Å². The minimum absolute atomic E-state index is 0.242. The zero-order valence-electron chi connectivity index (χ0n) is 8.01. The third-order valence-electron chi connectivity index (χ3n) is 1.80. The van der Waals surface area contributed by atoms with Crippen molar-refractivity contribution in [2.45, 2.75) is 26.1 Å². The van der Waals surface area contributed by atoms with Crippen LogP contribution < -0.4 is 0 Å². The Bertz CT molecular complexity index is 287. The average Bonchev–Trinajstić information content (AvgIpc) is 2.20. The van der Waals surface area contributed by atoms with Crippen molar-refractivity contribution in [3.05, 3.63) is 30.1 Å². The molecule has 0 saturated heterocycles. The Morgan fingerprint density at radius 3 is 2.93 bits per heavy atom. The Hall–Kier alpha value is -1.42. The number of aromatic nitrogens is 1. The van der Waals surface area contributed by atoms with Crippen LogP contribution in [0.4, 0.5) is 0 Å². The molecule has 0 bridgehead atoms. The lowest BCUT2D eigenvalue weighted by molar-refractivity contribution is -0.151. The minimum atomic E-state index is -0.927. The predicted molar refractivity (Wildman–Crippen MR) is 50.7 cm³/mol. The standard InChI is InChI=1S/C10H13NO3/c1-2-9(10(12)13)14-7-8-5-3-4-6-11-8/h3-6,9H,2,7H2,1H3,(H,12,13). The summed E-state index contributed by atoms with van der Waals surface area (Å²) in [6.45, 7) is 2.02. The lowest BCUT2D eigenvalue weighted by atomic mass is 10.3. The van der Waals surface area contributed by atoms with E-state index in [4.69, 9.17) is 9.84 Å². The molecule has 0 aliphatic carbocycles. The highest BCUT2D eigenvalue weighted by atomic mass is 16.5. The van der Waals surface area contributed by atoms with Gasteiger partial charge in [0, 0.05) is 6.20 Å². The maximum Gasteiger partial charge on any atom is 0.332 e. The van der Waals surface area contributed by atoms with Crippen LogP contribution in [0.1, 0.15) is 19.0 Å². The SMILES string of the molecule is CCC(OCc1ccccn1)C(=O)O. The summed E-state index contributed by atoms with van der Waals surface area (Å²) >= 11 is 0. The zero-order chi connectivity index (χ0) is 10.4. The van der Waals surface area contributed by atoms with Gasteiger partial charge in [0.2, 0.25) is 0 Å². The number of pyridine rings is 1. The van der Waals surface area contributed by atoms with Crippen LogP contribution in [0.2, 0.25) is 0 Å². The van der Waals surface area contributed by atoms with Gasteiger partial charge < -0.3 is 9.84 Å². The summed E-state index contributed by atoms with van der Waals surface area (Å²) in [6.07, 6.45) is 1.37.